The summed E-state index contributed by atoms with van der Waals surface area (Å²) in [5, 5.41) is 14.1. The van der Waals surface area contributed by atoms with Gasteiger partial charge in [0.15, 0.2) is 0 Å². The number of ether oxygens (including phenoxy) is 1. The molecule has 0 aliphatic heterocycles. The maximum atomic E-state index is 11.5. The third-order valence-corrected chi connectivity index (χ3v) is 11.0. The van der Waals surface area contributed by atoms with Crippen LogP contribution in [0.5, 0.6) is 0 Å². The van der Waals surface area contributed by atoms with Crippen molar-refractivity contribution >= 4 is 5.97 Å². The summed E-state index contributed by atoms with van der Waals surface area (Å²) < 4.78 is 5.59. The second-order valence-corrected chi connectivity index (χ2v) is 13.1. The maximum Gasteiger partial charge on any atom is 0.302 e. The van der Waals surface area contributed by atoms with E-state index in [2.05, 4.69) is 44.5 Å². The Balaban J connectivity index is 1.43. The Kier molecular flexibility index (Phi) is 8.00. The van der Waals surface area contributed by atoms with Crippen LogP contribution in [-0.4, -0.2) is 29.8 Å². The van der Waals surface area contributed by atoms with Gasteiger partial charge in [0.1, 0.15) is 6.10 Å². The van der Waals surface area contributed by atoms with Gasteiger partial charge in [-0.2, -0.15) is 0 Å². The number of carbonyl (C=O) groups is 1. The minimum absolute atomic E-state index is 0.0453. The lowest BCUT2D eigenvalue weighted by molar-refractivity contribution is -0.148. The molecule has 0 radical (unpaired) electrons. The molecule has 0 amide bonds. The van der Waals surface area contributed by atoms with Crippen LogP contribution in [0.3, 0.4) is 0 Å². The molecule has 4 aliphatic rings. The Labute approximate surface area is 212 Å². The van der Waals surface area contributed by atoms with Crippen LogP contribution >= 0.6 is 0 Å². The fraction of sp³-hybridized carbons (Fsp3) is 0.897. The summed E-state index contributed by atoms with van der Waals surface area (Å²) >= 11 is 0. The summed E-state index contributed by atoms with van der Waals surface area (Å²) in [6.45, 7) is 11.7. The molecule has 198 valence electrons. The maximum absolute atomic E-state index is 11.5. The zero-order valence-corrected chi connectivity index (χ0v) is 22.6. The summed E-state index contributed by atoms with van der Waals surface area (Å²) in [6.07, 6.45) is 13.2. The third-order valence-electron chi connectivity index (χ3n) is 11.0. The molecular formula is C29H48N2O4. The molecule has 4 aliphatic carbocycles. The van der Waals surface area contributed by atoms with Crippen molar-refractivity contribution in [1.29, 1.82) is 0 Å². The fourth-order valence-electron chi connectivity index (χ4n) is 9.31. The Morgan fingerprint density at radius 3 is 2.71 bits per heavy atom. The standard InChI is InChI=1S/C29H48N2O4/c1-18(17-30-31-34)7-6-8-19(2)27-26(33)16-25-23-10-9-21-15-22(35-20(3)32)11-13-28(21,4)24(23)12-14-29(25,27)5/h9,18-19,22-27,33H,6-8,10-17H2,1-5H3,(H,30,34). The number of hydrogen-bond acceptors (Lipinski definition) is 5. The van der Waals surface area contributed by atoms with E-state index in [1.807, 2.05) is 0 Å². The molecule has 0 aromatic carbocycles. The van der Waals surface area contributed by atoms with Crippen LogP contribution in [0.2, 0.25) is 0 Å². The molecule has 6 heteroatoms. The van der Waals surface area contributed by atoms with Gasteiger partial charge in [-0.25, -0.2) is 0 Å². The zero-order chi connectivity index (χ0) is 25.4. The van der Waals surface area contributed by atoms with Crippen LogP contribution in [0.1, 0.15) is 98.8 Å². The second kappa shape index (κ2) is 10.5. The lowest BCUT2D eigenvalue weighted by Crippen LogP contribution is -2.51. The smallest absolute Gasteiger partial charge is 0.302 e. The topological polar surface area (TPSA) is 88.0 Å². The highest BCUT2D eigenvalue weighted by Gasteiger charge is 2.61. The van der Waals surface area contributed by atoms with Crippen molar-refractivity contribution in [2.75, 3.05) is 6.54 Å². The number of aliphatic hydroxyl groups excluding tert-OH is 1. The van der Waals surface area contributed by atoms with Gasteiger partial charge in [-0.3, -0.25) is 10.2 Å². The molecule has 2 N–H and O–H groups in total. The molecule has 0 aromatic rings. The molecule has 10 atom stereocenters. The number of fused-ring (bicyclic) bond motifs is 5. The van der Waals surface area contributed by atoms with Crippen LogP contribution in [0.4, 0.5) is 0 Å². The van der Waals surface area contributed by atoms with Gasteiger partial charge in [0, 0.05) is 25.2 Å². The predicted molar refractivity (Wildman–Crippen MR) is 138 cm³/mol. The Morgan fingerprint density at radius 1 is 1.23 bits per heavy atom. The highest BCUT2D eigenvalue weighted by molar-refractivity contribution is 5.66. The van der Waals surface area contributed by atoms with Gasteiger partial charge < -0.3 is 9.84 Å². The molecule has 4 rings (SSSR count). The van der Waals surface area contributed by atoms with Crippen molar-refractivity contribution in [3.63, 3.8) is 0 Å². The van der Waals surface area contributed by atoms with Crippen molar-refractivity contribution in [2.24, 2.45) is 51.6 Å². The van der Waals surface area contributed by atoms with Gasteiger partial charge in [-0.05, 0) is 91.3 Å². The molecule has 3 saturated carbocycles. The van der Waals surface area contributed by atoms with Crippen molar-refractivity contribution in [1.82, 2.24) is 5.43 Å². The summed E-state index contributed by atoms with van der Waals surface area (Å²) in [7, 11) is 0. The molecule has 0 bridgehead atoms. The van der Waals surface area contributed by atoms with E-state index in [1.165, 1.54) is 25.3 Å². The van der Waals surface area contributed by atoms with Crippen molar-refractivity contribution in [3.8, 4) is 0 Å². The first-order valence-electron chi connectivity index (χ1n) is 14.2. The number of nitrogens with zero attached hydrogens (tertiary/aromatic N) is 1. The molecule has 6 nitrogen and oxygen atoms in total. The van der Waals surface area contributed by atoms with E-state index >= 15 is 0 Å². The molecular weight excluding hydrogens is 440 g/mol. The van der Waals surface area contributed by atoms with Crippen LogP contribution in [-0.2, 0) is 9.53 Å². The summed E-state index contributed by atoms with van der Waals surface area (Å²) in [5.74, 6) is 3.08. The van der Waals surface area contributed by atoms with Gasteiger partial charge in [0.25, 0.3) is 0 Å². The Hall–Kier alpha value is -1.43. The minimum Gasteiger partial charge on any atom is -0.462 e. The first-order chi connectivity index (χ1) is 16.6. The van der Waals surface area contributed by atoms with Gasteiger partial charge in [0.2, 0.25) is 0 Å². The van der Waals surface area contributed by atoms with Crippen molar-refractivity contribution < 1.29 is 14.6 Å². The van der Waals surface area contributed by atoms with E-state index in [0.717, 1.165) is 51.4 Å². The molecule has 10 unspecified atom stereocenters. The van der Waals surface area contributed by atoms with Gasteiger partial charge >= 0.3 is 5.97 Å². The first-order valence-corrected chi connectivity index (χ1v) is 14.2. The van der Waals surface area contributed by atoms with Crippen LogP contribution in [0.25, 0.3) is 0 Å². The van der Waals surface area contributed by atoms with E-state index in [4.69, 9.17) is 4.74 Å². The number of nitroso groups, excluding NO2 is 1. The average Bonchev–Trinajstić information content (AvgIpc) is 3.07. The quantitative estimate of drug-likeness (QED) is 0.175. The first kappa shape index (κ1) is 26.6. The number of allylic oxidation sites excluding steroid dienone is 1. The zero-order valence-electron chi connectivity index (χ0n) is 22.6. The van der Waals surface area contributed by atoms with E-state index < -0.39 is 0 Å². The largest absolute Gasteiger partial charge is 0.462 e. The third kappa shape index (κ3) is 5.06. The highest BCUT2D eigenvalue weighted by atomic mass is 16.5. The van der Waals surface area contributed by atoms with Crippen LogP contribution in [0, 0.1) is 51.2 Å². The Bertz CT molecular complexity index is 815. The Morgan fingerprint density at radius 2 is 2.00 bits per heavy atom. The van der Waals surface area contributed by atoms with E-state index in [0.29, 0.717) is 42.1 Å². The molecule has 0 aromatic heterocycles. The number of rotatable bonds is 9. The van der Waals surface area contributed by atoms with Gasteiger partial charge in [0.05, 0.1) is 6.10 Å². The van der Waals surface area contributed by atoms with Crippen LogP contribution in [0.15, 0.2) is 16.9 Å². The van der Waals surface area contributed by atoms with Gasteiger partial charge in [-0.1, -0.05) is 52.2 Å². The molecule has 0 spiro atoms. The molecule has 0 saturated heterocycles. The van der Waals surface area contributed by atoms with Gasteiger partial charge in [-0.15, -0.1) is 4.91 Å². The van der Waals surface area contributed by atoms with Crippen LogP contribution < -0.4 is 5.43 Å². The number of aliphatic hydroxyl groups is 1. The number of carbonyl (C=O) groups excluding carboxylic acids is 1. The van der Waals surface area contributed by atoms with E-state index in [-0.39, 0.29) is 29.0 Å². The van der Waals surface area contributed by atoms with E-state index in [9.17, 15) is 14.8 Å². The number of hydrogen-bond donors (Lipinski definition) is 2. The van der Waals surface area contributed by atoms with Crippen molar-refractivity contribution in [3.05, 3.63) is 16.6 Å². The summed E-state index contributed by atoms with van der Waals surface area (Å²) in [5.41, 5.74) is 4.51. The average molecular weight is 489 g/mol. The van der Waals surface area contributed by atoms with E-state index in [1.54, 1.807) is 0 Å². The predicted octanol–water partition coefficient (Wildman–Crippen LogP) is 6.18. The molecule has 35 heavy (non-hydrogen) atoms. The SMILES string of the molecule is CC(=O)OC1CCC2(C)C(=CCC3C2CCC2(C)C3CC(O)C2C(C)CCCC(C)CNN=O)C1. The number of nitrogens with one attached hydrogen (secondary N) is 1. The minimum atomic E-state index is -0.199. The lowest BCUT2D eigenvalue weighted by atomic mass is 9.47. The lowest BCUT2D eigenvalue weighted by Gasteiger charge is -2.58. The van der Waals surface area contributed by atoms with Crippen molar-refractivity contribution in [2.45, 2.75) is 111 Å². The normalized spacial score (nSPS) is 42.1. The molecule has 0 heterocycles. The fourth-order valence-corrected chi connectivity index (χ4v) is 9.31. The highest BCUT2D eigenvalue weighted by Crippen LogP contribution is 2.67. The molecule has 3 fully saturated rings. The summed E-state index contributed by atoms with van der Waals surface area (Å²) in [6, 6.07) is 0. The second-order valence-electron chi connectivity index (χ2n) is 13.1. The number of esters is 1. The monoisotopic (exact) mass is 488 g/mol. The summed E-state index contributed by atoms with van der Waals surface area (Å²) in [4.78, 5) is 21.8.